The van der Waals surface area contributed by atoms with Crippen molar-refractivity contribution in [3.05, 3.63) is 52.0 Å². The maximum absolute atomic E-state index is 11.7. The van der Waals surface area contributed by atoms with Crippen molar-refractivity contribution in [1.82, 2.24) is 0 Å². The van der Waals surface area contributed by atoms with E-state index in [1.807, 2.05) is 0 Å². The van der Waals surface area contributed by atoms with Crippen LogP contribution in [0.15, 0.2) is 36.4 Å². The Morgan fingerprint density at radius 1 is 0.880 bits per heavy atom. The van der Waals surface area contributed by atoms with Gasteiger partial charge in [-0.15, -0.1) is 0 Å². The van der Waals surface area contributed by atoms with Gasteiger partial charge in [0.2, 0.25) is 0 Å². The molecule has 0 aliphatic heterocycles. The van der Waals surface area contributed by atoms with Gasteiger partial charge in [0.15, 0.2) is 0 Å². The molecule has 4 N–H and O–H groups in total. The number of nitrogens with two attached hydrogens (primary N) is 2. The lowest BCUT2D eigenvalue weighted by molar-refractivity contribution is -0.137. The maximum atomic E-state index is 11.7. The fourth-order valence-electron chi connectivity index (χ4n) is 1.51. The lowest BCUT2D eigenvalue weighted by Gasteiger charge is -2.07. The molecule has 0 aliphatic carbocycles. The standard InChI is InChI=1S/C8H9F2NO.C7H5Cl2F2NO/c9-8(10)12-5-6-1-3-7(11)4-2-6;8-4-1-3(13-7(10)11)2-5(9)6(4)12/h1-4,8H,5,11H2;1-2,7H,12H2. The molecule has 2 aromatic rings. The van der Waals surface area contributed by atoms with Gasteiger partial charge in [0.1, 0.15) is 5.75 Å². The largest absolute Gasteiger partial charge is 0.435 e. The van der Waals surface area contributed by atoms with E-state index in [2.05, 4.69) is 9.47 Å². The van der Waals surface area contributed by atoms with Crippen molar-refractivity contribution >= 4 is 34.6 Å². The number of hydrogen-bond acceptors (Lipinski definition) is 4. The molecule has 10 heteroatoms. The van der Waals surface area contributed by atoms with E-state index in [1.165, 1.54) is 12.1 Å². The number of hydrogen-bond donors (Lipinski definition) is 2. The van der Waals surface area contributed by atoms with E-state index in [1.54, 1.807) is 24.3 Å². The Bertz CT molecular complexity index is 650. The minimum Gasteiger partial charge on any atom is -0.435 e. The third-order valence-corrected chi connectivity index (χ3v) is 3.26. The van der Waals surface area contributed by atoms with Gasteiger partial charge >= 0.3 is 13.2 Å². The summed E-state index contributed by atoms with van der Waals surface area (Å²) in [6.07, 6.45) is 0. The van der Waals surface area contributed by atoms with Crippen molar-refractivity contribution < 1.29 is 27.0 Å². The van der Waals surface area contributed by atoms with Gasteiger partial charge < -0.3 is 20.9 Å². The molecular weight excluding hydrogens is 387 g/mol. The average molecular weight is 401 g/mol. The highest BCUT2D eigenvalue weighted by molar-refractivity contribution is 6.39. The van der Waals surface area contributed by atoms with Gasteiger partial charge in [-0.1, -0.05) is 35.3 Å². The van der Waals surface area contributed by atoms with E-state index < -0.39 is 13.2 Å². The average Bonchev–Trinajstić information content (AvgIpc) is 2.52. The van der Waals surface area contributed by atoms with Crippen LogP contribution in [0, 0.1) is 0 Å². The summed E-state index contributed by atoms with van der Waals surface area (Å²) in [5, 5.41) is 0.173. The van der Waals surface area contributed by atoms with E-state index in [0.29, 0.717) is 11.3 Å². The molecule has 2 rings (SSSR count). The molecule has 0 bridgehead atoms. The molecule has 138 valence electrons. The van der Waals surface area contributed by atoms with E-state index in [-0.39, 0.29) is 28.1 Å². The molecule has 0 amide bonds. The lowest BCUT2D eigenvalue weighted by Crippen LogP contribution is -2.02. The monoisotopic (exact) mass is 400 g/mol. The summed E-state index contributed by atoms with van der Waals surface area (Å²) in [4.78, 5) is 0. The molecule has 0 radical (unpaired) electrons. The van der Waals surface area contributed by atoms with E-state index in [0.717, 1.165) is 0 Å². The van der Waals surface area contributed by atoms with Crippen molar-refractivity contribution in [3.63, 3.8) is 0 Å². The predicted molar refractivity (Wildman–Crippen MR) is 89.2 cm³/mol. The molecular formula is C15H14Cl2F4N2O2. The molecule has 0 saturated heterocycles. The van der Waals surface area contributed by atoms with Gasteiger partial charge in [-0.25, -0.2) is 0 Å². The molecule has 0 aromatic heterocycles. The SMILES string of the molecule is Nc1c(Cl)cc(OC(F)F)cc1Cl.Nc1ccc(COC(F)F)cc1. The molecule has 0 unspecified atom stereocenters. The second-order valence-corrected chi connectivity index (χ2v) is 5.31. The second kappa shape index (κ2) is 10.2. The number of alkyl halides is 4. The Kier molecular flexibility index (Phi) is 8.60. The highest BCUT2D eigenvalue weighted by Gasteiger charge is 2.09. The van der Waals surface area contributed by atoms with Crippen LogP contribution in [0.2, 0.25) is 10.0 Å². The first-order valence-electron chi connectivity index (χ1n) is 6.62. The normalized spacial score (nSPS) is 10.6. The van der Waals surface area contributed by atoms with Crippen LogP contribution in [0.5, 0.6) is 5.75 Å². The summed E-state index contributed by atoms with van der Waals surface area (Å²) in [5.74, 6) is -0.112. The van der Waals surface area contributed by atoms with Crippen LogP contribution in [-0.4, -0.2) is 13.2 Å². The molecule has 0 heterocycles. The number of anilines is 2. The Balaban J connectivity index is 0.000000251. The molecule has 0 spiro atoms. The molecule has 25 heavy (non-hydrogen) atoms. The van der Waals surface area contributed by atoms with Crippen molar-refractivity contribution in [1.29, 1.82) is 0 Å². The predicted octanol–water partition coefficient (Wildman–Crippen LogP) is 5.19. The van der Waals surface area contributed by atoms with Gasteiger partial charge in [0, 0.05) is 17.8 Å². The van der Waals surface area contributed by atoms with Crippen LogP contribution >= 0.6 is 23.2 Å². The third-order valence-electron chi connectivity index (χ3n) is 2.63. The summed E-state index contributed by atoms with van der Waals surface area (Å²) >= 11 is 11.1. The number of rotatable bonds is 5. The summed E-state index contributed by atoms with van der Waals surface area (Å²) in [6.45, 7) is -5.71. The molecule has 0 aliphatic rings. The minimum absolute atomic E-state index is 0.0854. The van der Waals surface area contributed by atoms with Crippen molar-refractivity contribution in [2.24, 2.45) is 0 Å². The molecule has 0 saturated carbocycles. The van der Waals surface area contributed by atoms with Crippen LogP contribution in [0.3, 0.4) is 0 Å². The van der Waals surface area contributed by atoms with Gasteiger partial charge in [-0.2, -0.15) is 17.6 Å². The number of nitrogen functional groups attached to an aromatic ring is 2. The fourth-order valence-corrected chi connectivity index (χ4v) is 1.97. The minimum atomic E-state index is -2.91. The third kappa shape index (κ3) is 8.15. The fraction of sp³-hybridized carbons (Fsp3) is 0.200. The summed E-state index contributed by atoms with van der Waals surface area (Å²) in [6, 6.07) is 8.94. The van der Waals surface area contributed by atoms with E-state index >= 15 is 0 Å². The zero-order chi connectivity index (χ0) is 19.0. The molecule has 0 fully saturated rings. The first-order valence-corrected chi connectivity index (χ1v) is 7.38. The van der Waals surface area contributed by atoms with Crippen LogP contribution in [0.25, 0.3) is 0 Å². The van der Waals surface area contributed by atoms with Crippen LogP contribution in [0.1, 0.15) is 5.56 Å². The quantitative estimate of drug-likeness (QED) is 0.535. The Morgan fingerprint density at radius 3 is 1.84 bits per heavy atom. The van der Waals surface area contributed by atoms with Gasteiger partial charge in [0.25, 0.3) is 0 Å². The summed E-state index contributed by atoms with van der Waals surface area (Å²) in [7, 11) is 0. The molecule has 4 nitrogen and oxygen atoms in total. The topological polar surface area (TPSA) is 70.5 Å². The second-order valence-electron chi connectivity index (χ2n) is 4.49. The van der Waals surface area contributed by atoms with Gasteiger partial charge in [-0.05, 0) is 17.7 Å². The smallest absolute Gasteiger partial charge is 0.387 e. The highest BCUT2D eigenvalue weighted by atomic mass is 35.5. The van der Waals surface area contributed by atoms with Crippen molar-refractivity contribution in [2.45, 2.75) is 19.8 Å². The summed E-state index contributed by atoms with van der Waals surface area (Å²) < 4.78 is 54.8. The Morgan fingerprint density at radius 2 is 1.40 bits per heavy atom. The zero-order valence-electron chi connectivity index (χ0n) is 12.6. The number of ether oxygens (including phenoxy) is 2. The first kappa shape index (κ1) is 21.1. The van der Waals surface area contributed by atoms with Crippen LogP contribution < -0.4 is 16.2 Å². The van der Waals surface area contributed by atoms with Crippen molar-refractivity contribution in [3.8, 4) is 5.75 Å². The van der Waals surface area contributed by atoms with Crippen molar-refractivity contribution in [2.75, 3.05) is 11.5 Å². The van der Waals surface area contributed by atoms with Crippen LogP contribution in [-0.2, 0) is 11.3 Å². The van der Waals surface area contributed by atoms with Crippen LogP contribution in [0.4, 0.5) is 28.9 Å². The molecule has 2 aromatic carbocycles. The van der Waals surface area contributed by atoms with E-state index in [4.69, 9.17) is 34.7 Å². The number of benzene rings is 2. The van der Waals surface area contributed by atoms with Gasteiger partial charge in [0.05, 0.1) is 22.3 Å². The first-order chi connectivity index (χ1) is 11.7. The Labute approximate surface area is 151 Å². The number of halogens is 6. The lowest BCUT2D eigenvalue weighted by atomic mass is 10.2. The van der Waals surface area contributed by atoms with E-state index in [9.17, 15) is 17.6 Å². The Hall–Kier alpha value is -1.90. The summed E-state index contributed by atoms with van der Waals surface area (Å²) in [5.41, 5.74) is 12.2. The maximum Gasteiger partial charge on any atom is 0.387 e. The zero-order valence-corrected chi connectivity index (χ0v) is 14.1. The van der Waals surface area contributed by atoms with Gasteiger partial charge in [-0.3, -0.25) is 0 Å². The molecule has 0 atom stereocenters. The highest BCUT2D eigenvalue weighted by Crippen LogP contribution is 2.32.